The molecule has 0 saturated carbocycles. The molecule has 0 radical (unpaired) electrons. The molecule has 2 heteroatoms. The first-order valence-electron chi connectivity index (χ1n) is 7.36. The summed E-state index contributed by atoms with van der Waals surface area (Å²) in [4.78, 5) is 0. The van der Waals surface area contributed by atoms with Gasteiger partial charge < -0.3 is 0 Å². The van der Waals surface area contributed by atoms with Crippen molar-refractivity contribution in [3.05, 3.63) is 71.8 Å². The molecule has 0 aromatic heterocycles. The van der Waals surface area contributed by atoms with Gasteiger partial charge in [0.15, 0.2) is 33.5 Å². The Bertz CT molecular complexity index is 505. The van der Waals surface area contributed by atoms with E-state index in [1.54, 1.807) is 11.1 Å². The summed E-state index contributed by atoms with van der Waals surface area (Å²) in [6.07, 6.45) is 0. The highest BCUT2D eigenvalue weighted by Gasteiger charge is 2.58. The topological polar surface area (TPSA) is 0 Å². The van der Waals surface area contributed by atoms with Crippen molar-refractivity contribution in [1.29, 1.82) is 0 Å². The molecule has 0 unspecified atom stereocenters. The lowest BCUT2D eigenvalue weighted by Crippen LogP contribution is -2.48. The van der Waals surface area contributed by atoms with Crippen LogP contribution < -0.4 is 0 Å². The van der Waals surface area contributed by atoms with E-state index in [1.807, 2.05) is 0 Å². The Hall–Kier alpha value is -0.860. The van der Waals surface area contributed by atoms with Crippen LogP contribution in [0.4, 0.5) is 0 Å². The summed E-state index contributed by atoms with van der Waals surface area (Å²) in [6, 6.07) is 22.6. The monoisotopic (exact) mass is 300 g/mol. The van der Waals surface area contributed by atoms with E-state index in [0.29, 0.717) is 21.8 Å². The molecule has 0 amide bonds. The van der Waals surface area contributed by atoms with Crippen LogP contribution >= 0.6 is 0 Å². The maximum atomic E-state index is 2.36. The Labute approximate surface area is 127 Å². The van der Waals surface area contributed by atoms with Crippen LogP contribution in [-0.4, -0.2) is 23.0 Å². The van der Waals surface area contributed by atoms with Crippen molar-refractivity contribution in [1.82, 2.24) is 0 Å². The Morgan fingerprint density at radius 2 is 0.900 bits per heavy atom. The molecule has 0 spiro atoms. The molecule has 5 rings (SSSR count). The third-order valence-corrected chi connectivity index (χ3v) is 10.6. The summed E-state index contributed by atoms with van der Waals surface area (Å²) in [5, 5.41) is 1.56. The van der Waals surface area contributed by atoms with E-state index in [4.69, 9.17) is 0 Å². The summed E-state index contributed by atoms with van der Waals surface area (Å²) < 4.78 is 0. The van der Waals surface area contributed by atoms with Crippen molar-refractivity contribution in [2.24, 2.45) is 0 Å². The van der Waals surface area contributed by atoms with Gasteiger partial charge in [-0.05, 0) is 0 Å². The summed E-state index contributed by atoms with van der Waals surface area (Å²) in [5.74, 6) is 5.91. The van der Waals surface area contributed by atoms with Crippen molar-refractivity contribution >= 4 is 21.8 Å². The van der Waals surface area contributed by atoms with Gasteiger partial charge in [-0.3, -0.25) is 0 Å². The molecule has 0 aliphatic carbocycles. The zero-order valence-electron chi connectivity index (χ0n) is 11.6. The molecular weight excluding hydrogens is 280 g/mol. The summed E-state index contributed by atoms with van der Waals surface area (Å²) in [5.41, 5.74) is 3.17. The maximum absolute atomic E-state index is 2.36. The molecule has 102 valence electrons. The van der Waals surface area contributed by atoms with Crippen LogP contribution in [0, 0.1) is 0 Å². The molecule has 2 atom stereocenters. The minimum atomic E-state index is 0.602. The van der Waals surface area contributed by atoms with E-state index in [9.17, 15) is 0 Å². The standard InChI is InChI=1S/C18H20S2/c1-3-7-15(8-4-1)17-18(16-9-5-2-6-10-16)20-13-11-19(17)12-14-20/h1-10,17-18H,11-14H2/q+2/t17-,18-,19?,20?/m1/s1. The van der Waals surface area contributed by atoms with E-state index in [0.717, 1.165) is 10.5 Å². The normalized spacial score (nSPS) is 32.2. The lowest BCUT2D eigenvalue weighted by Gasteiger charge is -2.36. The molecule has 3 aliphatic heterocycles. The largest absolute Gasteiger partial charge is 0.194 e. The van der Waals surface area contributed by atoms with Gasteiger partial charge in [-0.1, -0.05) is 60.7 Å². The number of hydrogen-bond acceptors (Lipinski definition) is 0. The van der Waals surface area contributed by atoms with E-state index in [2.05, 4.69) is 60.7 Å². The highest BCUT2D eigenvalue weighted by atomic mass is 32.2. The zero-order chi connectivity index (χ0) is 13.4. The molecule has 0 N–H and O–H groups in total. The fraction of sp³-hybridized carbons (Fsp3) is 0.333. The predicted octanol–water partition coefficient (Wildman–Crippen LogP) is 3.73. The molecule has 2 aromatic carbocycles. The first kappa shape index (κ1) is 12.8. The molecule has 3 fully saturated rings. The van der Waals surface area contributed by atoms with Crippen molar-refractivity contribution in [2.75, 3.05) is 23.0 Å². The molecule has 0 nitrogen and oxygen atoms in total. The van der Waals surface area contributed by atoms with Crippen LogP contribution in [0.3, 0.4) is 0 Å². The van der Waals surface area contributed by atoms with Gasteiger partial charge >= 0.3 is 0 Å². The smallest absolute Gasteiger partial charge is 0.0622 e. The highest BCUT2D eigenvalue weighted by Crippen LogP contribution is 2.50. The highest BCUT2D eigenvalue weighted by molar-refractivity contribution is 8.07. The van der Waals surface area contributed by atoms with Gasteiger partial charge in [-0.15, -0.1) is 0 Å². The molecule has 3 saturated heterocycles. The van der Waals surface area contributed by atoms with Crippen LogP contribution in [0.1, 0.15) is 21.6 Å². The van der Waals surface area contributed by atoms with Crippen molar-refractivity contribution < 1.29 is 0 Å². The van der Waals surface area contributed by atoms with Crippen LogP contribution in [0.15, 0.2) is 60.7 Å². The van der Waals surface area contributed by atoms with Crippen LogP contribution in [-0.2, 0) is 21.8 Å². The minimum absolute atomic E-state index is 0.602. The summed E-state index contributed by atoms with van der Waals surface area (Å²) >= 11 is 0. The van der Waals surface area contributed by atoms with Crippen LogP contribution in [0.5, 0.6) is 0 Å². The molecule has 3 heterocycles. The third kappa shape index (κ3) is 2.19. The fourth-order valence-corrected chi connectivity index (χ4v) is 11.4. The van der Waals surface area contributed by atoms with Gasteiger partial charge in [0.1, 0.15) is 0 Å². The van der Waals surface area contributed by atoms with Gasteiger partial charge in [-0.25, -0.2) is 0 Å². The van der Waals surface area contributed by atoms with Gasteiger partial charge in [0.25, 0.3) is 0 Å². The molecule has 2 aromatic rings. The lowest BCUT2D eigenvalue weighted by atomic mass is 10.0. The van der Waals surface area contributed by atoms with Crippen LogP contribution in [0.25, 0.3) is 0 Å². The summed E-state index contributed by atoms with van der Waals surface area (Å²) in [6.45, 7) is 0. The summed E-state index contributed by atoms with van der Waals surface area (Å²) in [7, 11) is 1.20. The maximum Gasteiger partial charge on any atom is 0.194 e. The first-order chi connectivity index (χ1) is 9.93. The van der Waals surface area contributed by atoms with Gasteiger partial charge in [0.05, 0.1) is 0 Å². The van der Waals surface area contributed by atoms with Crippen molar-refractivity contribution in [2.45, 2.75) is 10.5 Å². The average Bonchev–Trinajstić information content (AvgIpc) is 2.57. The van der Waals surface area contributed by atoms with Gasteiger partial charge in [0, 0.05) is 32.9 Å². The molecule has 3 aliphatic rings. The van der Waals surface area contributed by atoms with E-state index < -0.39 is 0 Å². The molecule has 20 heavy (non-hydrogen) atoms. The lowest BCUT2D eigenvalue weighted by molar-refractivity contribution is 0.858. The van der Waals surface area contributed by atoms with E-state index in [1.165, 1.54) is 23.0 Å². The number of hydrogen-bond donors (Lipinski definition) is 0. The Morgan fingerprint density at radius 1 is 0.550 bits per heavy atom. The number of fused-ring (bicyclic) bond motifs is 3. The first-order valence-corrected chi connectivity index (χ1v) is 10.6. The SMILES string of the molecule is c1ccc([C@@H]2[C@@H](c3ccccc3)[S+]3CC[S+]2CC3)cc1. The second-order valence-corrected chi connectivity index (χ2v) is 10.4. The van der Waals surface area contributed by atoms with Crippen molar-refractivity contribution in [3.63, 3.8) is 0 Å². The second kappa shape index (κ2) is 5.50. The van der Waals surface area contributed by atoms with Crippen LogP contribution in [0.2, 0.25) is 0 Å². The fourth-order valence-electron chi connectivity index (χ4n) is 3.51. The Kier molecular flexibility index (Phi) is 3.53. The zero-order valence-corrected chi connectivity index (χ0v) is 13.2. The minimum Gasteiger partial charge on any atom is -0.0622 e. The number of benzene rings is 2. The Morgan fingerprint density at radius 3 is 1.25 bits per heavy atom. The number of rotatable bonds is 2. The van der Waals surface area contributed by atoms with Crippen molar-refractivity contribution in [3.8, 4) is 0 Å². The van der Waals surface area contributed by atoms with Gasteiger partial charge in [0.2, 0.25) is 0 Å². The average molecular weight is 300 g/mol. The van der Waals surface area contributed by atoms with Gasteiger partial charge in [-0.2, -0.15) is 0 Å². The molecular formula is C18H20S2+2. The predicted molar refractivity (Wildman–Crippen MR) is 92.6 cm³/mol. The van der Waals surface area contributed by atoms with E-state index >= 15 is 0 Å². The Balaban J connectivity index is 1.77. The quantitative estimate of drug-likeness (QED) is 0.741. The molecule has 2 bridgehead atoms. The third-order valence-electron chi connectivity index (χ3n) is 4.46. The van der Waals surface area contributed by atoms with E-state index in [-0.39, 0.29) is 0 Å². The second-order valence-electron chi connectivity index (χ2n) is 5.55.